The Kier molecular flexibility index (Phi) is 6.30. The third-order valence-electron chi connectivity index (χ3n) is 4.78. The molecule has 0 spiro atoms. The molecule has 1 unspecified atom stereocenters. The highest BCUT2D eigenvalue weighted by atomic mass is 16.5. The van der Waals surface area contributed by atoms with Crippen LogP contribution in [0.2, 0.25) is 0 Å². The lowest BCUT2D eigenvalue weighted by atomic mass is 9.93. The highest BCUT2D eigenvalue weighted by molar-refractivity contribution is 6.16. The predicted molar refractivity (Wildman–Crippen MR) is 111 cm³/mol. The second-order valence-corrected chi connectivity index (χ2v) is 7.30. The van der Waals surface area contributed by atoms with E-state index >= 15 is 0 Å². The van der Waals surface area contributed by atoms with E-state index in [2.05, 4.69) is 4.98 Å². The lowest BCUT2D eigenvalue weighted by molar-refractivity contribution is -0.119. The molecule has 0 radical (unpaired) electrons. The molecule has 156 valence electrons. The number of carbonyl (C=O) groups is 3. The molecule has 0 aliphatic carbocycles. The Bertz CT molecular complexity index is 980. The maximum atomic E-state index is 12.9. The number of ketones is 1. The number of esters is 1. The molecule has 1 aromatic heterocycles. The molecule has 0 saturated carbocycles. The predicted octanol–water partition coefficient (Wildman–Crippen LogP) is 3.77. The highest BCUT2D eigenvalue weighted by Gasteiger charge is 2.45. The number of Topliss-reactive ketones (excluding diaryl/α,β-unsaturated/α-hetero) is 1. The average molecular weight is 408 g/mol. The summed E-state index contributed by atoms with van der Waals surface area (Å²) in [5, 5.41) is 10.5. The number of pyridine rings is 1. The SMILES string of the molecule is CCCOC(=O)c1ccc(N2C(=O)C(O)=C(C(=O)C(C)C)C2c2ccccn2)cc1. The van der Waals surface area contributed by atoms with E-state index in [-0.39, 0.29) is 11.4 Å². The molecule has 1 amide bonds. The summed E-state index contributed by atoms with van der Waals surface area (Å²) in [5.74, 6) is -2.43. The Morgan fingerprint density at radius 1 is 1.17 bits per heavy atom. The van der Waals surface area contributed by atoms with Crippen molar-refractivity contribution in [2.75, 3.05) is 11.5 Å². The van der Waals surface area contributed by atoms with Crippen molar-refractivity contribution in [3.05, 3.63) is 71.3 Å². The zero-order chi connectivity index (χ0) is 21.8. The molecular weight excluding hydrogens is 384 g/mol. The van der Waals surface area contributed by atoms with Crippen molar-refractivity contribution in [2.45, 2.75) is 33.2 Å². The fourth-order valence-electron chi connectivity index (χ4n) is 3.29. The molecule has 0 saturated heterocycles. The van der Waals surface area contributed by atoms with Gasteiger partial charge in [-0.2, -0.15) is 0 Å². The first-order valence-corrected chi connectivity index (χ1v) is 9.85. The minimum Gasteiger partial charge on any atom is -0.503 e. The minimum absolute atomic E-state index is 0.0279. The van der Waals surface area contributed by atoms with E-state index in [4.69, 9.17) is 4.74 Å². The van der Waals surface area contributed by atoms with Crippen LogP contribution >= 0.6 is 0 Å². The second-order valence-electron chi connectivity index (χ2n) is 7.30. The molecule has 1 N–H and O–H groups in total. The number of hydrogen-bond acceptors (Lipinski definition) is 6. The maximum absolute atomic E-state index is 12.9. The van der Waals surface area contributed by atoms with Crippen molar-refractivity contribution < 1.29 is 24.2 Å². The summed E-state index contributed by atoms with van der Waals surface area (Å²) in [6, 6.07) is 10.6. The molecule has 3 rings (SSSR count). The molecule has 7 nitrogen and oxygen atoms in total. The van der Waals surface area contributed by atoms with E-state index < -0.39 is 29.6 Å². The Morgan fingerprint density at radius 2 is 1.87 bits per heavy atom. The van der Waals surface area contributed by atoms with Gasteiger partial charge < -0.3 is 9.84 Å². The molecule has 1 aliphatic rings. The van der Waals surface area contributed by atoms with Crippen LogP contribution in [-0.2, 0) is 14.3 Å². The number of nitrogens with zero attached hydrogens (tertiary/aromatic N) is 2. The van der Waals surface area contributed by atoms with Crippen molar-refractivity contribution in [1.82, 2.24) is 4.98 Å². The molecule has 0 bridgehead atoms. The fourth-order valence-corrected chi connectivity index (χ4v) is 3.29. The molecule has 30 heavy (non-hydrogen) atoms. The van der Waals surface area contributed by atoms with E-state index in [9.17, 15) is 19.5 Å². The van der Waals surface area contributed by atoms with Crippen LogP contribution in [0.4, 0.5) is 5.69 Å². The van der Waals surface area contributed by atoms with Crippen LogP contribution in [0.5, 0.6) is 0 Å². The van der Waals surface area contributed by atoms with Gasteiger partial charge in [-0.3, -0.25) is 19.5 Å². The summed E-state index contributed by atoms with van der Waals surface area (Å²) in [6.07, 6.45) is 2.28. The largest absolute Gasteiger partial charge is 0.503 e. The third kappa shape index (κ3) is 3.96. The second kappa shape index (κ2) is 8.90. The molecule has 0 fully saturated rings. The monoisotopic (exact) mass is 408 g/mol. The quantitative estimate of drug-likeness (QED) is 0.701. The van der Waals surface area contributed by atoms with Gasteiger partial charge in [0.05, 0.1) is 23.4 Å². The number of carbonyl (C=O) groups excluding carboxylic acids is 3. The molecule has 7 heteroatoms. The maximum Gasteiger partial charge on any atom is 0.338 e. The third-order valence-corrected chi connectivity index (χ3v) is 4.78. The fraction of sp³-hybridized carbons (Fsp3) is 0.304. The number of aromatic nitrogens is 1. The zero-order valence-corrected chi connectivity index (χ0v) is 17.2. The Labute approximate surface area is 175 Å². The minimum atomic E-state index is -0.855. The van der Waals surface area contributed by atoms with Gasteiger partial charge in [0.15, 0.2) is 11.5 Å². The van der Waals surface area contributed by atoms with Gasteiger partial charge in [-0.1, -0.05) is 26.8 Å². The Balaban J connectivity index is 2.02. The van der Waals surface area contributed by atoms with Crippen LogP contribution in [0.1, 0.15) is 49.3 Å². The number of aliphatic hydroxyl groups excluding tert-OH is 1. The van der Waals surface area contributed by atoms with Gasteiger partial charge >= 0.3 is 5.97 Å². The average Bonchev–Trinajstić information content (AvgIpc) is 3.02. The summed E-state index contributed by atoms with van der Waals surface area (Å²) in [4.78, 5) is 43.4. The molecule has 2 heterocycles. The highest BCUT2D eigenvalue weighted by Crippen LogP contribution is 2.41. The Morgan fingerprint density at radius 3 is 2.43 bits per heavy atom. The number of ether oxygens (including phenoxy) is 1. The number of rotatable bonds is 7. The first-order chi connectivity index (χ1) is 14.4. The number of hydrogen-bond donors (Lipinski definition) is 1. The Hall–Kier alpha value is -3.48. The van der Waals surface area contributed by atoms with Crippen LogP contribution in [-0.4, -0.2) is 34.4 Å². The van der Waals surface area contributed by atoms with E-state index in [1.54, 1.807) is 62.5 Å². The first kappa shape index (κ1) is 21.2. The van der Waals surface area contributed by atoms with Crippen LogP contribution in [0.25, 0.3) is 0 Å². The van der Waals surface area contributed by atoms with E-state index in [1.165, 1.54) is 4.90 Å². The van der Waals surface area contributed by atoms with Gasteiger partial charge in [-0.15, -0.1) is 0 Å². The smallest absolute Gasteiger partial charge is 0.338 e. The number of aliphatic hydroxyl groups is 1. The van der Waals surface area contributed by atoms with E-state index in [1.807, 2.05) is 6.92 Å². The van der Waals surface area contributed by atoms with Gasteiger partial charge in [0.1, 0.15) is 6.04 Å². The number of benzene rings is 1. The van der Waals surface area contributed by atoms with Crippen molar-refractivity contribution >= 4 is 23.3 Å². The normalized spacial score (nSPS) is 16.3. The van der Waals surface area contributed by atoms with Gasteiger partial charge in [0.25, 0.3) is 5.91 Å². The molecule has 1 aliphatic heterocycles. The lowest BCUT2D eigenvalue weighted by Gasteiger charge is -2.26. The van der Waals surface area contributed by atoms with E-state index in [0.29, 0.717) is 23.6 Å². The zero-order valence-electron chi connectivity index (χ0n) is 17.2. The van der Waals surface area contributed by atoms with Gasteiger partial charge in [-0.25, -0.2) is 4.79 Å². The van der Waals surface area contributed by atoms with Gasteiger partial charge in [0.2, 0.25) is 0 Å². The van der Waals surface area contributed by atoms with Crippen LogP contribution in [0.15, 0.2) is 60.0 Å². The van der Waals surface area contributed by atoms with Crippen molar-refractivity contribution in [2.24, 2.45) is 5.92 Å². The first-order valence-electron chi connectivity index (χ1n) is 9.85. The summed E-state index contributed by atoms with van der Waals surface area (Å²) >= 11 is 0. The molecule has 1 atom stereocenters. The van der Waals surface area contributed by atoms with Crippen molar-refractivity contribution in [1.29, 1.82) is 0 Å². The number of anilines is 1. The summed E-state index contributed by atoms with van der Waals surface area (Å²) in [7, 11) is 0. The standard InChI is InChI=1S/C23H24N2O5/c1-4-13-30-23(29)15-8-10-16(11-9-15)25-19(17-7-5-6-12-24-17)18(20(26)14(2)3)21(27)22(25)28/h5-12,14,19,27H,4,13H2,1-3H3. The molecule has 1 aromatic carbocycles. The summed E-state index contributed by atoms with van der Waals surface area (Å²) < 4.78 is 5.12. The topological polar surface area (TPSA) is 96.8 Å². The molecule has 2 aromatic rings. The van der Waals surface area contributed by atoms with Crippen LogP contribution in [0, 0.1) is 5.92 Å². The van der Waals surface area contributed by atoms with Gasteiger partial charge in [0, 0.05) is 17.8 Å². The van der Waals surface area contributed by atoms with Crippen LogP contribution in [0.3, 0.4) is 0 Å². The van der Waals surface area contributed by atoms with E-state index in [0.717, 1.165) is 6.42 Å². The van der Waals surface area contributed by atoms with Crippen molar-refractivity contribution in [3.8, 4) is 0 Å². The summed E-state index contributed by atoms with van der Waals surface area (Å²) in [6.45, 7) is 5.65. The number of amides is 1. The van der Waals surface area contributed by atoms with Crippen molar-refractivity contribution in [3.63, 3.8) is 0 Å². The molecular formula is C23H24N2O5. The van der Waals surface area contributed by atoms with Gasteiger partial charge in [-0.05, 0) is 42.8 Å². The summed E-state index contributed by atoms with van der Waals surface area (Å²) in [5.41, 5.74) is 1.27. The lowest BCUT2D eigenvalue weighted by Crippen LogP contribution is -2.32. The van der Waals surface area contributed by atoms with Crippen LogP contribution < -0.4 is 4.90 Å².